The third-order valence-electron chi connectivity index (χ3n) is 5.03. The van der Waals surface area contributed by atoms with Gasteiger partial charge >= 0.3 is 13.9 Å². The summed E-state index contributed by atoms with van der Waals surface area (Å²) in [6.07, 6.45) is -4.50. The van der Waals surface area contributed by atoms with Crippen molar-refractivity contribution in [3.05, 3.63) is 50.7 Å². The second-order valence-corrected chi connectivity index (χ2v) is 10.6. The minimum absolute atomic E-state index is 0.00569. The van der Waals surface area contributed by atoms with E-state index < -0.39 is 24.9 Å². The van der Waals surface area contributed by atoms with E-state index >= 15 is 0 Å². The predicted molar refractivity (Wildman–Crippen MR) is 112 cm³/mol. The van der Waals surface area contributed by atoms with Crippen LogP contribution in [0.3, 0.4) is 0 Å². The van der Waals surface area contributed by atoms with Crippen molar-refractivity contribution in [2.24, 2.45) is 5.10 Å². The van der Waals surface area contributed by atoms with Crippen molar-refractivity contribution in [3.63, 3.8) is 0 Å². The maximum atomic E-state index is 13.4. The number of hydrogen-bond donors (Lipinski definition) is 0. The van der Waals surface area contributed by atoms with Crippen LogP contribution in [0.25, 0.3) is 0 Å². The Morgan fingerprint density at radius 3 is 2.55 bits per heavy atom. The number of alkyl halides is 3. The molecule has 2 aliphatic rings. The number of hydrazone groups is 1. The van der Waals surface area contributed by atoms with Gasteiger partial charge in [0.05, 0.1) is 35.4 Å². The van der Waals surface area contributed by atoms with Crippen LogP contribution in [0.15, 0.2) is 35.4 Å². The molecule has 0 bridgehead atoms. The number of halogens is 4. The summed E-state index contributed by atoms with van der Waals surface area (Å²) in [7, 11) is -3.76. The summed E-state index contributed by atoms with van der Waals surface area (Å²) in [4.78, 5) is 0.795. The van der Waals surface area contributed by atoms with E-state index in [1.807, 2.05) is 6.07 Å². The molecule has 1 unspecified atom stereocenters. The highest BCUT2D eigenvalue weighted by Crippen LogP contribution is 2.58. The number of benzene rings is 1. The minimum atomic E-state index is -4.50. The van der Waals surface area contributed by atoms with E-state index in [1.54, 1.807) is 19.9 Å². The molecular weight excluding hydrogens is 476 g/mol. The van der Waals surface area contributed by atoms with E-state index in [0.717, 1.165) is 17.0 Å². The van der Waals surface area contributed by atoms with Gasteiger partial charge in [0.25, 0.3) is 0 Å². The smallest absolute Gasteiger partial charge is 0.450 e. The van der Waals surface area contributed by atoms with Gasteiger partial charge in [0, 0.05) is 10.4 Å². The molecule has 0 saturated carbocycles. The van der Waals surface area contributed by atoms with Gasteiger partial charge in [0.1, 0.15) is 17.8 Å². The summed E-state index contributed by atoms with van der Waals surface area (Å²) in [5.41, 5.74) is -0.858. The normalized spacial score (nSPS) is 20.8. The average molecular weight is 495 g/mol. The van der Waals surface area contributed by atoms with Crippen LogP contribution in [0.4, 0.5) is 13.2 Å². The Kier molecular flexibility index (Phi) is 5.89. The highest BCUT2D eigenvalue weighted by molar-refractivity contribution is 7.51. The first-order valence-corrected chi connectivity index (χ1v) is 12.2. The van der Waals surface area contributed by atoms with Crippen LogP contribution in [0.2, 0.25) is 4.34 Å². The molecule has 0 N–H and O–H groups in total. The molecule has 12 heteroatoms. The number of ether oxygens (including phenoxy) is 1. The van der Waals surface area contributed by atoms with Crippen LogP contribution in [0.5, 0.6) is 5.75 Å². The summed E-state index contributed by atoms with van der Waals surface area (Å²) < 4.78 is 71.4. The van der Waals surface area contributed by atoms with Crippen LogP contribution < -0.4 is 4.74 Å². The number of hydrogen-bond acceptors (Lipinski definition) is 6. The zero-order valence-electron chi connectivity index (χ0n) is 16.6. The minimum Gasteiger partial charge on any atom is -0.491 e. The largest absolute Gasteiger partial charge is 0.491 e. The number of rotatable bonds is 6. The number of nitrogens with zero attached hydrogens (tertiary/aromatic N) is 2. The van der Waals surface area contributed by atoms with Gasteiger partial charge < -0.3 is 4.74 Å². The summed E-state index contributed by atoms with van der Waals surface area (Å²) in [5, 5.41) is 4.55. The summed E-state index contributed by atoms with van der Waals surface area (Å²) >= 11 is 7.47. The van der Waals surface area contributed by atoms with Gasteiger partial charge in [-0.15, -0.1) is 11.3 Å². The molecule has 4 rings (SSSR count). The Balaban J connectivity index is 1.85. The van der Waals surface area contributed by atoms with Crippen molar-refractivity contribution in [2.45, 2.75) is 25.4 Å². The zero-order chi connectivity index (χ0) is 22.4. The van der Waals surface area contributed by atoms with Crippen molar-refractivity contribution in [3.8, 4) is 5.75 Å². The Hall–Kier alpha value is -1.58. The maximum Gasteiger partial charge on any atom is 0.450 e. The Labute approximate surface area is 186 Å². The maximum absolute atomic E-state index is 13.4. The molecule has 31 heavy (non-hydrogen) atoms. The zero-order valence-corrected chi connectivity index (χ0v) is 19.1. The second kappa shape index (κ2) is 8.08. The SMILES string of the molecule is CCOP(=O)(OCC)N1CC2(c3ccc(Cl)s3)COc3cc(C(F)(F)F)ccc3C2=N1. The Bertz CT molecular complexity index is 1070. The fourth-order valence-corrected chi connectivity index (χ4v) is 6.50. The van der Waals surface area contributed by atoms with E-state index in [9.17, 15) is 17.7 Å². The quantitative estimate of drug-likeness (QED) is 0.464. The lowest BCUT2D eigenvalue weighted by Gasteiger charge is -2.35. The van der Waals surface area contributed by atoms with Crippen molar-refractivity contribution >= 4 is 36.4 Å². The van der Waals surface area contributed by atoms with Gasteiger partial charge in [-0.1, -0.05) is 11.6 Å². The molecule has 6 nitrogen and oxygen atoms in total. The molecule has 3 heterocycles. The molecule has 2 aromatic rings. The highest BCUT2D eigenvalue weighted by atomic mass is 35.5. The van der Waals surface area contributed by atoms with Gasteiger partial charge in [0.15, 0.2) is 0 Å². The highest BCUT2D eigenvalue weighted by Gasteiger charge is 2.54. The monoisotopic (exact) mass is 494 g/mol. The first-order valence-electron chi connectivity index (χ1n) is 9.49. The Morgan fingerprint density at radius 1 is 1.26 bits per heavy atom. The van der Waals surface area contributed by atoms with Crippen molar-refractivity contribution in [1.82, 2.24) is 4.78 Å². The van der Waals surface area contributed by atoms with Gasteiger partial charge in [0.2, 0.25) is 0 Å². The topological polar surface area (TPSA) is 60.4 Å². The van der Waals surface area contributed by atoms with E-state index in [-0.39, 0.29) is 32.1 Å². The molecule has 0 amide bonds. The van der Waals surface area contributed by atoms with Crippen LogP contribution in [0, 0.1) is 0 Å². The van der Waals surface area contributed by atoms with Crippen molar-refractivity contribution in [1.29, 1.82) is 0 Å². The average Bonchev–Trinajstić information content (AvgIpc) is 3.32. The molecule has 168 valence electrons. The first kappa shape index (κ1) is 22.6. The second-order valence-electron chi connectivity index (χ2n) is 6.97. The third-order valence-corrected chi connectivity index (χ3v) is 8.43. The molecule has 0 fully saturated rings. The molecular formula is C19H19ClF3N2O4PS. The molecule has 1 aromatic carbocycles. The lowest BCUT2D eigenvalue weighted by molar-refractivity contribution is -0.137. The molecule has 0 spiro atoms. The van der Waals surface area contributed by atoms with Crippen LogP contribution in [-0.4, -0.2) is 36.9 Å². The van der Waals surface area contributed by atoms with E-state index in [4.69, 9.17) is 25.4 Å². The van der Waals surface area contributed by atoms with Crippen molar-refractivity contribution < 1.29 is 31.5 Å². The lowest BCUT2D eigenvalue weighted by Crippen LogP contribution is -2.46. The fraction of sp³-hybridized carbons (Fsp3) is 0.421. The Morgan fingerprint density at radius 2 is 1.97 bits per heavy atom. The van der Waals surface area contributed by atoms with Crippen LogP contribution in [-0.2, 0) is 25.2 Å². The number of fused-ring (bicyclic) bond motifs is 3. The van der Waals surface area contributed by atoms with Crippen molar-refractivity contribution in [2.75, 3.05) is 26.4 Å². The van der Waals surface area contributed by atoms with Gasteiger partial charge in [-0.25, -0.2) is 4.57 Å². The third kappa shape index (κ3) is 3.89. The van der Waals surface area contributed by atoms with E-state index in [2.05, 4.69) is 5.10 Å². The molecule has 0 aliphatic carbocycles. The standard InChI is InChI=1S/C19H19ClF3N2O4PS/c1-3-28-30(26,29-4-2)25-10-18(15-7-8-16(20)31-15)11-27-14-9-12(19(21,22)23)5-6-13(14)17(18)24-25/h5-9H,3-4,10-11H2,1-2H3. The summed E-state index contributed by atoms with van der Waals surface area (Å²) in [6, 6.07) is 6.81. The molecule has 1 aromatic heterocycles. The fourth-order valence-electron chi connectivity index (χ4n) is 3.68. The first-order chi connectivity index (χ1) is 14.6. The molecule has 2 aliphatic heterocycles. The summed E-state index contributed by atoms with van der Waals surface area (Å²) in [6.45, 7) is 3.77. The van der Waals surface area contributed by atoms with E-state index in [0.29, 0.717) is 15.6 Å². The van der Waals surface area contributed by atoms with Crippen LogP contribution >= 0.6 is 30.7 Å². The van der Waals surface area contributed by atoms with Gasteiger partial charge in [-0.2, -0.15) is 23.1 Å². The lowest BCUT2D eigenvalue weighted by atomic mass is 9.77. The van der Waals surface area contributed by atoms with Gasteiger partial charge in [-0.3, -0.25) is 9.05 Å². The number of thiophene rings is 1. The van der Waals surface area contributed by atoms with E-state index in [1.165, 1.54) is 22.2 Å². The molecule has 1 atom stereocenters. The van der Waals surface area contributed by atoms with Crippen LogP contribution in [0.1, 0.15) is 29.9 Å². The predicted octanol–water partition coefficient (Wildman–Crippen LogP) is 5.95. The molecule has 0 saturated heterocycles. The molecule has 0 radical (unpaired) electrons. The summed E-state index contributed by atoms with van der Waals surface area (Å²) in [5.74, 6) is 0.0661. The van der Waals surface area contributed by atoms with Gasteiger partial charge in [-0.05, 0) is 44.2 Å².